The molecule has 1 aromatic carbocycles. The molecule has 2 N–H and O–H groups in total. The third-order valence-corrected chi connectivity index (χ3v) is 4.83. The summed E-state index contributed by atoms with van der Waals surface area (Å²) in [6.07, 6.45) is 3.73. The number of nitrogens with zero attached hydrogens (tertiary/aromatic N) is 2. The molecule has 2 unspecified atom stereocenters. The molecule has 1 aliphatic carbocycles. The zero-order chi connectivity index (χ0) is 17.1. The van der Waals surface area contributed by atoms with Crippen LogP contribution in [0.15, 0.2) is 30.3 Å². The van der Waals surface area contributed by atoms with E-state index in [1.165, 1.54) is 0 Å². The van der Waals surface area contributed by atoms with Crippen LogP contribution in [-0.4, -0.2) is 40.7 Å². The number of benzene rings is 1. The normalized spacial score (nSPS) is 20.8. The molecule has 0 radical (unpaired) electrons. The van der Waals surface area contributed by atoms with Gasteiger partial charge in [0.15, 0.2) is 0 Å². The minimum absolute atomic E-state index is 0.163. The fourth-order valence-electron chi connectivity index (χ4n) is 3.39. The standard InChI is InChI=1S/C19H25N3O2/c1-13-10-11-14-7-5-8-16(18(14)20-13)21-19(24)22(2)12-15-6-3-4-9-17(15)23/h5,7-8,10-11,15,17,23H,3-4,6,9,12H2,1-2H3,(H,21,24). The summed E-state index contributed by atoms with van der Waals surface area (Å²) < 4.78 is 0. The highest BCUT2D eigenvalue weighted by atomic mass is 16.3. The van der Waals surface area contributed by atoms with Gasteiger partial charge in [0.1, 0.15) is 0 Å². The average molecular weight is 327 g/mol. The van der Waals surface area contributed by atoms with Crippen molar-refractivity contribution in [2.75, 3.05) is 18.9 Å². The van der Waals surface area contributed by atoms with Gasteiger partial charge in [0.05, 0.1) is 17.3 Å². The zero-order valence-electron chi connectivity index (χ0n) is 14.3. The molecule has 0 bridgehead atoms. The Kier molecular flexibility index (Phi) is 5.00. The van der Waals surface area contributed by atoms with E-state index in [9.17, 15) is 9.90 Å². The second kappa shape index (κ2) is 7.18. The summed E-state index contributed by atoms with van der Waals surface area (Å²) in [5.74, 6) is 0.169. The number of pyridine rings is 1. The average Bonchev–Trinajstić information content (AvgIpc) is 2.57. The molecular weight excluding hydrogens is 302 g/mol. The fourth-order valence-corrected chi connectivity index (χ4v) is 3.39. The van der Waals surface area contributed by atoms with E-state index in [2.05, 4.69) is 10.3 Å². The number of anilines is 1. The van der Waals surface area contributed by atoms with Gasteiger partial charge >= 0.3 is 6.03 Å². The van der Waals surface area contributed by atoms with Crippen LogP contribution in [0.1, 0.15) is 31.4 Å². The maximum atomic E-state index is 12.5. The van der Waals surface area contributed by atoms with Crippen molar-refractivity contribution in [1.29, 1.82) is 0 Å². The van der Waals surface area contributed by atoms with Gasteiger partial charge in [-0.1, -0.05) is 31.0 Å². The van der Waals surface area contributed by atoms with Gasteiger partial charge in [-0.3, -0.25) is 4.98 Å². The van der Waals surface area contributed by atoms with Crippen molar-refractivity contribution in [3.63, 3.8) is 0 Å². The smallest absolute Gasteiger partial charge is 0.321 e. The van der Waals surface area contributed by atoms with Gasteiger partial charge in [0, 0.05) is 30.6 Å². The van der Waals surface area contributed by atoms with Crippen LogP contribution in [-0.2, 0) is 0 Å². The van der Waals surface area contributed by atoms with Crippen molar-refractivity contribution in [2.24, 2.45) is 5.92 Å². The molecule has 1 saturated carbocycles. The van der Waals surface area contributed by atoms with E-state index in [0.717, 1.165) is 48.0 Å². The number of fused-ring (bicyclic) bond motifs is 1. The predicted molar refractivity (Wildman–Crippen MR) is 96.1 cm³/mol. The molecule has 1 fully saturated rings. The molecule has 5 nitrogen and oxygen atoms in total. The molecule has 2 amide bonds. The van der Waals surface area contributed by atoms with Crippen molar-refractivity contribution in [3.05, 3.63) is 36.0 Å². The van der Waals surface area contributed by atoms with Crippen LogP contribution in [0.25, 0.3) is 10.9 Å². The summed E-state index contributed by atoms with van der Waals surface area (Å²) in [5, 5.41) is 14.1. The summed E-state index contributed by atoms with van der Waals surface area (Å²) >= 11 is 0. The number of para-hydroxylation sites is 1. The number of nitrogens with one attached hydrogen (secondary N) is 1. The molecule has 2 atom stereocenters. The Morgan fingerprint density at radius 1 is 1.29 bits per heavy atom. The minimum atomic E-state index is -0.295. The predicted octanol–water partition coefficient (Wildman–Crippen LogP) is 3.56. The topological polar surface area (TPSA) is 65.5 Å². The largest absolute Gasteiger partial charge is 0.393 e. The highest BCUT2D eigenvalue weighted by Crippen LogP contribution is 2.26. The molecule has 3 rings (SSSR count). The number of carbonyl (C=O) groups is 1. The van der Waals surface area contributed by atoms with E-state index < -0.39 is 0 Å². The third kappa shape index (κ3) is 3.67. The number of aryl methyl sites for hydroxylation is 1. The van der Waals surface area contributed by atoms with Crippen LogP contribution in [0, 0.1) is 12.8 Å². The number of hydrogen-bond acceptors (Lipinski definition) is 3. The van der Waals surface area contributed by atoms with Crippen molar-refractivity contribution in [3.8, 4) is 0 Å². The molecule has 1 aliphatic rings. The quantitative estimate of drug-likeness (QED) is 0.906. The summed E-state index contributed by atoms with van der Waals surface area (Å²) in [5.41, 5.74) is 2.44. The number of hydrogen-bond donors (Lipinski definition) is 2. The monoisotopic (exact) mass is 327 g/mol. The van der Waals surface area contributed by atoms with Gasteiger partial charge in [0.2, 0.25) is 0 Å². The van der Waals surface area contributed by atoms with Crippen LogP contribution in [0.5, 0.6) is 0 Å². The maximum Gasteiger partial charge on any atom is 0.321 e. The Labute approximate surface area is 142 Å². The summed E-state index contributed by atoms with van der Waals surface area (Å²) in [7, 11) is 1.78. The lowest BCUT2D eigenvalue weighted by atomic mass is 9.86. The number of amides is 2. The maximum absolute atomic E-state index is 12.5. The highest BCUT2D eigenvalue weighted by Gasteiger charge is 2.25. The molecular formula is C19H25N3O2. The summed E-state index contributed by atoms with van der Waals surface area (Å²) in [4.78, 5) is 18.7. The molecule has 5 heteroatoms. The zero-order valence-corrected chi connectivity index (χ0v) is 14.3. The van der Waals surface area contributed by atoms with Crippen LogP contribution in [0.3, 0.4) is 0 Å². The number of aliphatic hydroxyl groups is 1. The van der Waals surface area contributed by atoms with Crippen LogP contribution < -0.4 is 5.32 Å². The van der Waals surface area contributed by atoms with E-state index in [1.807, 2.05) is 37.3 Å². The Morgan fingerprint density at radius 3 is 2.88 bits per heavy atom. The Morgan fingerprint density at radius 2 is 2.08 bits per heavy atom. The molecule has 1 heterocycles. The van der Waals surface area contributed by atoms with E-state index >= 15 is 0 Å². The van der Waals surface area contributed by atoms with Gasteiger partial charge in [-0.2, -0.15) is 0 Å². The molecule has 0 spiro atoms. The lowest BCUT2D eigenvalue weighted by Crippen LogP contribution is -2.40. The minimum Gasteiger partial charge on any atom is -0.393 e. The SMILES string of the molecule is Cc1ccc2cccc(NC(=O)N(C)CC3CCCCC3O)c2n1. The second-order valence-electron chi connectivity index (χ2n) is 6.75. The van der Waals surface area contributed by atoms with Crippen molar-refractivity contribution < 1.29 is 9.90 Å². The van der Waals surface area contributed by atoms with Gasteiger partial charge in [-0.15, -0.1) is 0 Å². The number of carbonyl (C=O) groups excluding carboxylic acids is 1. The Hall–Kier alpha value is -2.14. The van der Waals surface area contributed by atoms with E-state index in [0.29, 0.717) is 6.54 Å². The van der Waals surface area contributed by atoms with Crippen LogP contribution >= 0.6 is 0 Å². The third-order valence-electron chi connectivity index (χ3n) is 4.83. The number of aromatic nitrogens is 1. The lowest BCUT2D eigenvalue weighted by Gasteiger charge is -2.31. The Bertz CT molecular complexity index is 732. The van der Waals surface area contributed by atoms with Crippen LogP contribution in [0.2, 0.25) is 0 Å². The molecule has 24 heavy (non-hydrogen) atoms. The van der Waals surface area contributed by atoms with Crippen molar-refractivity contribution >= 4 is 22.6 Å². The molecule has 0 saturated heterocycles. The summed E-state index contributed by atoms with van der Waals surface area (Å²) in [6, 6.07) is 9.58. The number of urea groups is 1. The molecule has 2 aromatic rings. The first-order chi connectivity index (χ1) is 11.5. The summed E-state index contributed by atoms with van der Waals surface area (Å²) in [6.45, 7) is 2.51. The fraction of sp³-hybridized carbons (Fsp3) is 0.474. The molecule has 0 aliphatic heterocycles. The van der Waals surface area contributed by atoms with E-state index in [-0.39, 0.29) is 18.1 Å². The lowest BCUT2D eigenvalue weighted by molar-refractivity contribution is 0.0575. The van der Waals surface area contributed by atoms with Gasteiger partial charge in [-0.25, -0.2) is 4.79 Å². The number of aliphatic hydroxyl groups excluding tert-OH is 1. The van der Waals surface area contributed by atoms with Crippen molar-refractivity contribution in [1.82, 2.24) is 9.88 Å². The van der Waals surface area contributed by atoms with E-state index in [1.54, 1.807) is 11.9 Å². The Balaban J connectivity index is 1.71. The van der Waals surface area contributed by atoms with Gasteiger partial charge < -0.3 is 15.3 Å². The first-order valence-electron chi connectivity index (χ1n) is 8.61. The molecule has 128 valence electrons. The van der Waals surface area contributed by atoms with Crippen LogP contribution in [0.4, 0.5) is 10.5 Å². The second-order valence-corrected chi connectivity index (χ2v) is 6.75. The van der Waals surface area contributed by atoms with E-state index in [4.69, 9.17) is 0 Å². The number of rotatable bonds is 3. The van der Waals surface area contributed by atoms with Crippen molar-refractivity contribution in [2.45, 2.75) is 38.7 Å². The molecule has 1 aromatic heterocycles. The van der Waals surface area contributed by atoms with Gasteiger partial charge in [0.25, 0.3) is 0 Å². The first-order valence-corrected chi connectivity index (χ1v) is 8.61. The van der Waals surface area contributed by atoms with Gasteiger partial charge in [-0.05, 0) is 31.9 Å². The first kappa shape index (κ1) is 16.7. The highest BCUT2D eigenvalue weighted by molar-refractivity contribution is 5.99.